The van der Waals surface area contributed by atoms with Crippen molar-refractivity contribution in [3.63, 3.8) is 0 Å². The molecule has 0 radical (unpaired) electrons. The van der Waals surface area contributed by atoms with E-state index in [1.54, 1.807) is 24.3 Å². The van der Waals surface area contributed by atoms with Gasteiger partial charge in [-0.15, -0.1) is 0 Å². The van der Waals surface area contributed by atoms with Crippen LogP contribution >= 0.6 is 0 Å². The number of hydrogen-bond acceptors (Lipinski definition) is 4. The molecule has 5 heteroatoms. The van der Waals surface area contributed by atoms with Crippen LogP contribution in [0.5, 0.6) is 5.75 Å². The van der Waals surface area contributed by atoms with Crippen LogP contribution in [-0.2, 0) is 10.2 Å². The van der Waals surface area contributed by atoms with Crippen LogP contribution < -0.4 is 15.4 Å². The number of anilines is 2. The highest BCUT2D eigenvalue weighted by atomic mass is 16.5. The smallest absolute Gasteiger partial charge is 0.294 e. The zero-order chi connectivity index (χ0) is 18.9. The van der Waals surface area contributed by atoms with Crippen molar-refractivity contribution in [2.45, 2.75) is 26.2 Å². The summed E-state index contributed by atoms with van der Waals surface area (Å²) in [5.41, 5.74) is 9.10. The summed E-state index contributed by atoms with van der Waals surface area (Å²) >= 11 is 0. The van der Waals surface area contributed by atoms with Gasteiger partial charge in [-0.2, -0.15) is 0 Å². The summed E-state index contributed by atoms with van der Waals surface area (Å²) in [5.74, 6) is 0.473. The predicted molar refractivity (Wildman–Crippen MR) is 104 cm³/mol. The Bertz CT molecular complexity index is 849. The van der Waals surface area contributed by atoms with Crippen LogP contribution in [0, 0.1) is 0 Å². The molecule has 0 aliphatic carbocycles. The van der Waals surface area contributed by atoms with E-state index in [9.17, 15) is 9.90 Å². The second-order valence-corrected chi connectivity index (χ2v) is 7.39. The van der Waals surface area contributed by atoms with E-state index in [4.69, 9.17) is 10.5 Å². The van der Waals surface area contributed by atoms with Crippen LogP contribution in [-0.4, -0.2) is 24.2 Å². The second kappa shape index (κ2) is 6.84. The predicted octanol–water partition coefficient (Wildman–Crippen LogP) is 3.33. The molecule has 0 saturated heterocycles. The molecule has 2 aromatic carbocycles. The molecule has 0 atom stereocenters. The molecule has 5 nitrogen and oxygen atoms in total. The maximum atomic E-state index is 12.8. The molecule has 0 aromatic heterocycles. The van der Waals surface area contributed by atoms with Crippen molar-refractivity contribution in [2.24, 2.45) is 0 Å². The minimum atomic E-state index is -0.294. The van der Waals surface area contributed by atoms with Crippen LogP contribution in [0.25, 0.3) is 6.08 Å². The van der Waals surface area contributed by atoms with Crippen LogP contribution in [0.2, 0.25) is 0 Å². The highest BCUT2D eigenvalue weighted by molar-refractivity contribution is 6.10. The van der Waals surface area contributed by atoms with Crippen LogP contribution in [0.3, 0.4) is 0 Å². The van der Waals surface area contributed by atoms with E-state index < -0.39 is 0 Å². The maximum Gasteiger partial charge on any atom is 0.294 e. The molecule has 0 fully saturated rings. The summed E-state index contributed by atoms with van der Waals surface area (Å²) in [6.07, 6.45) is 1.72. The third kappa shape index (κ3) is 3.58. The van der Waals surface area contributed by atoms with Gasteiger partial charge in [0.15, 0.2) is 11.5 Å². The van der Waals surface area contributed by atoms with Gasteiger partial charge >= 0.3 is 0 Å². The minimum absolute atomic E-state index is 0.0691. The summed E-state index contributed by atoms with van der Waals surface area (Å²) in [6, 6.07) is 13.2. The minimum Gasteiger partial charge on any atom is -0.449 e. The van der Waals surface area contributed by atoms with E-state index >= 15 is 0 Å². The number of nitrogens with zero attached hydrogens (tertiary/aromatic N) is 1. The first-order valence-corrected chi connectivity index (χ1v) is 8.62. The van der Waals surface area contributed by atoms with E-state index in [0.29, 0.717) is 17.1 Å². The lowest BCUT2D eigenvalue weighted by molar-refractivity contribution is -0.117. The quantitative estimate of drug-likeness (QED) is 0.656. The lowest BCUT2D eigenvalue weighted by Gasteiger charge is -2.30. The third-order valence-electron chi connectivity index (χ3n) is 4.35. The number of aliphatic hydroxyl groups is 1. The maximum absolute atomic E-state index is 12.8. The summed E-state index contributed by atoms with van der Waals surface area (Å²) in [5, 5.41) is 9.33. The van der Waals surface area contributed by atoms with Crippen LogP contribution in [0.4, 0.5) is 11.4 Å². The van der Waals surface area contributed by atoms with Crippen molar-refractivity contribution in [1.82, 2.24) is 0 Å². The Morgan fingerprint density at radius 1 is 1.15 bits per heavy atom. The first-order chi connectivity index (χ1) is 12.3. The number of carbonyl (C=O) groups is 1. The van der Waals surface area contributed by atoms with Crippen molar-refractivity contribution in [1.29, 1.82) is 0 Å². The van der Waals surface area contributed by atoms with E-state index in [-0.39, 0.29) is 30.2 Å². The molecule has 1 aliphatic heterocycles. The number of hydrogen-bond donors (Lipinski definition) is 2. The average molecular weight is 352 g/mol. The van der Waals surface area contributed by atoms with Gasteiger partial charge in [0.1, 0.15) is 0 Å². The topological polar surface area (TPSA) is 75.8 Å². The molecule has 1 amide bonds. The van der Waals surface area contributed by atoms with E-state index in [2.05, 4.69) is 32.9 Å². The number of nitrogen functional groups attached to an aromatic ring is 1. The number of amides is 1. The highest BCUT2D eigenvalue weighted by Gasteiger charge is 2.30. The number of nitrogens with two attached hydrogens (primary N) is 1. The number of fused-ring (bicyclic) bond motifs is 1. The molecule has 2 aromatic rings. The van der Waals surface area contributed by atoms with Gasteiger partial charge in [-0.1, -0.05) is 45.0 Å². The number of rotatable bonds is 3. The van der Waals surface area contributed by atoms with Crippen LogP contribution in [0.1, 0.15) is 31.9 Å². The van der Waals surface area contributed by atoms with Gasteiger partial charge in [0, 0.05) is 12.2 Å². The number of benzene rings is 2. The summed E-state index contributed by atoms with van der Waals surface area (Å²) in [6.45, 7) is 6.50. The Hall–Kier alpha value is -2.79. The molecule has 0 bridgehead atoms. The molecule has 3 rings (SSSR count). The normalized spacial score (nSPS) is 15.8. The van der Waals surface area contributed by atoms with Crippen molar-refractivity contribution in [3.8, 4) is 5.75 Å². The Labute approximate surface area is 153 Å². The summed E-state index contributed by atoms with van der Waals surface area (Å²) < 4.78 is 5.81. The van der Waals surface area contributed by atoms with Gasteiger partial charge in [-0.25, -0.2) is 0 Å². The van der Waals surface area contributed by atoms with Crippen molar-refractivity contribution in [3.05, 3.63) is 59.4 Å². The molecule has 26 heavy (non-hydrogen) atoms. The Kier molecular flexibility index (Phi) is 4.74. The first kappa shape index (κ1) is 18.0. The third-order valence-corrected chi connectivity index (χ3v) is 4.35. The van der Waals surface area contributed by atoms with Gasteiger partial charge in [-0.3, -0.25) is 9.69 Å². The number of β-amino-alcohol motifs (C(OH)–C–C–N with tert-alkyl or cyclic N) is 1. The van der Waals surface area contributed by atoms with Crippen molar-refractivity contribution >= 4 is 23.4 Å². The molecule has 3 N–H and O–H groups in total. The number of carbonyl (C=O) groups excluding carboxylic acids is 1. The fourth-order valence-electron chi connectivity index (χ4n) is 2.88. The van der Waals surface area contributed by atoms with Crippen molar-refractivity contribution < 1.29 is 14.6 Å². The summed E-state index contributed by atoms with van der Waals surface area (Å²) in [7, 11) is 0. The Balaban J connectivity index is 1.96. The van der Waals surface area contributed by atoms with E-state index in [1.807, 2.05) is 12.1 Å². The van der Waals surface area contributed by atoms with Crippen molar-refractivity contribution in [2.75, 3.05) is 23.8 Å². The monoisotopic (exact) mass is 352 g/mol. The fraction of sp³-hybridized carbons (Fsp3) is 0.286. The Morgan fingerprint density at radius 2 is 1.85 bits per heavy atom. The second-order valence-electron chi connectivity index (χ2n) is 7.39. The van der Waals surface area contributed by atoms with Gasteiger partial charge in [0.25, 0.3) is 5.91 Å². The highest BCUT2D eigenvalue weighted by Crippen LogP contribution is 2.37. The molecular weight excluding hydrogens is 328 g/mol. The number of ether oxygens (including phenoxy) is 1. The fourth-order valence-corrected chi connectivity index (χ4v) is 2.88. The van der Waals surface area contributed by atoms with Crippen LogP contribution in [0.15, 0.2) is 48.2 Å². The first-order valence-electron chi connectivity index (χ1n) is 8.62. The molecule has 0 unspecified atom stereocenters. The molecule has 1 aliphatic rings. The SMILES string of the molecule is CC(C)(C)c1ccc(/C=C2/Oc3ccc(N)cc3N(CCO)C2=O)cc1. The van der Waals surface area contributed by atoms with E-state index in [1.165, 1.54) is 10.5 Å². The van der Waals surface area contributed by atoms with Gasteiger partial charge < -0.3 is 15.6 Å². The molecule has 1 heterocycles. The largest absolute Gasteiger partial charge is 0.449 e. The van der Waals surface area contributed by atoms with E-state index in [0.717, 1.165) is 5.56 Å². The Morgan fingerprint density at radius 3 is 2.46 bits per heavy atom. The number of aliphatic hydroxyl groups excluding tert-OH is 1. The van der Waals surface area contributed by atoms with Gasteiger partial charge in [0.2, 0.25) is 0 Å². The molecule has 0 saturated carbocycles. The molecule has 136 valence electrons. The van der Waals surface area contributed by atoms with Gasteiger partial charge in [0.05, 0.1) is 12.3 Å². The zero-order valence-electron chi connectivity index (χ0n) is 15.3. The molecule has 0 spiro atoms. The molecular formula is C21H24N2O3. The standard InChI is InChI=1S/C21H24N2O3/c1-21(2,3)15-6-4-14(5-7-15)12-19-20(25)23(10-11-24)17-13-16(22)8-9-18(17)26-19/h4-9,12-13,24H,10-11,22H2,1-3H3/b19-12+. The lowest BCUT2D eigenvalue weighted by atomic mass is 9.87. The lowest BCUT2D eigenvalue weighted by Crippen LogP contribution is -2.39. The zero-order valence-corrected chi connectivity index (χ0v) is 15.3. The average Bonchev–Trinajstić information content (AvgIpc) is 2.59. The van der Waals surface area contributed by atoms with Gasteiger partial charge in [-0.05, 0) is 40.8 Å². The summed E-state index contributed by atoms with van der Waals surface area (Å²) in [4.78, 5) is 14.3.